The monoisotopic (exact) mass is 352 g/mol. The first kappa shape index (κ1) is 16.2. The summed E-state index contributed by atoms with van der Waals surface area (Å²) in [5.74, 6) is 0.861. The maximum Gasteiger partial charge on any atom is 0.157 e. The number of rotatable bonds is 4. The van der Waals surface area contributed by atoms with Gasteiger partial charge in [0.05, 0.1) is 0 Å². The summed E-state index contributed by atoms with van der Waals surface area (Å²) < 4.78 is 0. The molecule has 0 spiro atoms. The molecular weight excluding hydrogens is 335 g/mol. The fourth-order valence-corrected chi connectivity index (χ4v) is 3.02. The van der Waals surface area contributed by atoms with Crippen LogP contribution < -0.4 is 10.2 Å². The summed E-state index contributed by atoms with van der Waals surface area (Å²) in [6, 6.07) is 3.85. The topological polar surface area (TPSA) is 57.2 Å². The zero-order chi connectivity index (χ0) is 16.2. The van der Waals surface area contributed by atoms with Crippen LogP contribution in [0.25, 0.3) is 0 Å². The lowest BCUT2D eigenvalue weighted by Gasteiger charge is -2.36. The number of nitrogens with zero attached hydrogens (tertiary/aromatic N) is 5. The van der Waals surface area contributed by atoms with Crippen LogP contribution in [0.5, 0.6) is 0 Å². The van der Waals surface area contributed by atoms with E-state index < -0.39 is 0 Å². The number of halogens is 2. The van der Waals surface area contributed by atoms with Crippen molar-refractivity contribution >= 4 is 34.7 Å². The number of hydrogen-bond acceptors (Lipinski definition) is 6. The Morgan fingerprint density at radius 3 is 2.52 bits per heavy atom. The van der Waals surface area contributed by atoms with Crippen molar-refractivity contribution in [2.75, 3.05) is 43.4 Å². The summed E-state index contributed by atoms with van der Waals surface area (Å²) in [5, 5.41) is 4.06. The van der Waals surface area contributed by atoms with E-state index in [-0.39, 0.29) is 0 Å². The molecule has 0 radical (unpaired) electrons. The van der Waals surface area contributed by atoms with Gasteiger partial charge in [0.15, 0.2) is 11.0 Å². The summed E-state index contributed by atoms with van der Waals surface area (Å²) in [4.78, 5) is 17.2. The first-order valence-electron chi connectivity index (χ1n) is 7.43. The molecule has 0 aliphatic carbocycles. The summed E-state index contributed by atoms with van der Waals surface area (Å²) in [7, 11) is 1.83. The van der Waals surface area contributed by atoms with Gasteiger partial charge in [-0.25, -0.2) is 15.0 Å². The van der Waals surface area contributed by atoms with E-state index in [0.717, 1.165) is 44.2 Å². The molecule has 8 heteroatoms. The van der Waals surface area contributed by atoms with Gasteiger partial charge in [-0.1, -0.05) is 29.3 Å². The Kier molecular flexibility index (Phi) is 5.15. The molecule has 0 aromatic carbocycles. The van der Waals surface area contributed by atoms with E-state index in [1.54, 1.807) is 0 Å². The van der Waals surface area contributed by atoms with Crippen molar-refractivity contribution in [2.24, 2.45) is 0 Å². The van der Waals surface area contributed by atoms with Crippen LogP contribution >= 0.6 is 23.2 Å². The minimum Gasteiger partial charge on any atom is -0.383 e. The van der Waals surface area contributed by atoms with E-state index in [2.05, 4.69) is 30.1 Å². The average Bonchev–Trinajstić information content (AvgIpc) is 2.57. The molecular formula is C15H18Cl2N6. The van der Waals surface area contributed by atoms with Crippen LogP contribution in [0, 0.1) is 0 Å². The number of aromatic nitrogens is 3. The molecule has 3 rings (SSSR count). The van der Waals surface area contributed by atoms with Crippen LogP contribution in [0.2, 0.25) is 10.3 Å². The minimum absolute atomic E-state index is 0.451. The lowest BCUT2D eigenvalue weighted by molar-refractivity contribution is 0.249. The van der Waals surface area contributed by atoms with Gasteiger partial charge in [0.25, 0.3) is 0 Å². The highest BCUT2D eigenvalue weighted by Crippen LogP contribution is 2.29. The molecule has 0 unspecified atom stereocenters. The predicted octanol–water partition coefficient (Wildman–Crippen LogP) is 2.54. The van der Waals surface area contributed by atoms with Crippen molar-refractivity contribution in [3.8, 4) is 0 Å². The summed E-state index contributed by atoms with van der Waals surface area (Å²) in [5.41, 5.74) is 1.95. The van der Waals surface area contributed by atoms with Gasteiger partial charge >= 0.3 is 0 Å². The Hall–Kier alpha value is -1.63. The van der Waals surface area contributed by atoms with Crippen LogP contribution in [-0.2, 0) is 6.54 Å². The van der Waals surface area contributed by atoms with E-state index in [1.807, 2.05) is 25.4 Å². The number of anilines is 2. The molecule has 1 fully saturated rings. The number of hydrogen-bond donors (Lipinski definition) is 1. The molecule has 1 aliphatic heterocycles. The van der Waals surface area contributed by atoms with Gasteiger partial charge in [0.1, 0.15) is 17.2 Å². The largest absolute Gasteiger partial charge is 0.383 e. The SMILES string of the molecule is CNc1c(Cl)ncnc1N1CCN(Cc2ccc(Cl)nc2)CC1. The van der Waals surface area contributed by atoms with Gasteiger partial charge in [-0.2, -0.15) is 0 Å². The van der Waals surface area contributed by atoms with Crippen molar-refractivity contribution in [1.82, 2.24) is 19.9 Å². The molecule has 2 aromatic heterocycles. The van der Waals surface area contributed by atoms with Crippen LogP contribution in [0.15, 0.2) is 24.7 Å². The van der Waals surface area contributed by atoms with Crippen molar-refractivity contribution in [1.29, 1.82) is 0 Å². The average molecular weight is 353 g/mol. The van der Waals surface area contributed by atoms with E-state index >= 15 is 0 Å². The fourth-order valence-electron chi connectivity index (χ4n) is 2.69. The molecule has 1 aliphatic rings. The highest BCUT2D eigenvalue weighted by Gasteiger charge is 2.21. The molecule has 3 heterocycles. The van der Waals surface area contributed by atoms with Crippen molar-refractivity contribution < 1.29 is 0 Å². The third-order valence-corrected chi connectivity index (χ3v) is 4.41. The third kappa shape index (κ3) is 3.83. The van der Waals surface area contributed by atoms with E-state index in [1.165, 1.54) is 11.9 Å². The van der Waals surface area contributed by atoms with Crippen molar-refractivity contribution in [2.45, 2.75) is 6.54 Å². The first-order valence-corrected chi connectivity index (χ1v) is 8.19. The van der Waals surface area contributed by atoms with Crippen LogP contribution in [0.1, 0.15) is 5.56 Å². The zero-order valence-electron chi connectivity index (χ0n) is 12.8. The quantitative estimate of drug-likeness (QED) is 0.674. The smallest absolute Gasteiger partial charge is 0.157 e. The number of nitrogens with one attached hydrogen (secondary N) is 1. The fraction of sp³-hybridized carbons (Fsp3) is 0.400. The van der Waals surface area contributed by atoms with Crippen molar-refractivity contribution in [3.05, 3.63) is 40.5 Å². The van der Waals surface area contributed by atoms with Crippen LogP contribution in [0.3, 0.4) is 0 Å². The van der Waals surface area contributed by atoms with Gasteiger partial charge in [0.2, 0.25) is 0 Å². The second kappa shape index (κ2) is 7.29. The third-order valence-electron chi connectivity index (χ3n) is 3.90. The highest BCUT2D eigenvalue weighted by atomic mass is 35.5. The second-order valence-corrected chi connectivity index (χ2v) is 6.11. The summed E-state index contributed by atoms with van der Waals surface area (Å²) in [6.45, 7) is 4.56. The molecule has 1 saturated heterocycles. The lowest BCUT2D eigenvalue weighted by Crippen LogP contribution is -2.46. The molecule has 0 amide bonds. The normalized spacial score (nSPS) is 15.7. The number of pyridine rings is 1. The van der Waals surface area contributed by atoms with E-state index in [0.29, 0.717) is 10.3 Å². The highest BCUT2D eigenvalue weighted by molar-refractivity contribution is 6.32. The number of piperazine rings is 1. The Bertz CT molecular complexity index is 656. The van der Waals surface area contributed by atoms with Gasteiger partial charge in [-0.3, -0.25) is 4.90 Å². The van der Waals surface area contributed by atoms with E-state index in [4.69, 9.17) is 23.2 Å². The molecule has 122 valence electrons. The Balaban J connectivity index is 1.62. The maximum absolute atomic E-state index is 6.13. The zero-order valence-corrected chi connectivity index (χ0v) is 14.3. The van der Waals surface area contributed by atoms with Gasteiger partial charge in [-0.15, -0.1) is 0 Å². The minimum atomic E-state index is 0.451. The lowest BCUT2D eigenvalue weighted by atomic mass is 10.2. The molecule has 1 N–H and O–H groups in total. The molecule has 23 heavy (non-hydrogen) atoms. The van der Waals surface area contributed by atoms with Crippen LogP contribution in [0.4, 0.5) is 11.5 Å². The Morgan fingerprint density at radius 2 is 1.87 bits per heavy atom. The van der Waals surface area contributed by atoms with Gasteiger partial charge in [-0.05, 0) is 11.6 Å². The van der Waals surface area contributed by atoms with E-state index in [9.17, 15) is 0 Å². The second-order valence-electron chi connectivity index (χ2n) is 5.37. The summed E-state index contributed by atoms with van der Waals surface area (Å²) >= 11 is 12.0. The van der Waals surface area contributed by atoms with Crippen molar-refractivity contribution in [3.63, 3.8) is 0 Å². The predicted molar refractivity (Wildman–Crippen MR) is 93.3 cm³/mol. The molecule has 0 atom stereocenters. The molecule has 0 bridgehead atoms. The first-order chi connectivity index (χ1) is 11.2. The maximum atomic E-state index is 6.13. The Morgan fingerprint density at radius 1 is 1.09 bits per heavy atom. The Labute approximate surface area is 145 Å². The summed E-state index contributed by atoms with van der Waals surface area (Å²) in [6.07, 6.45) is 3.34. The van der Waals surface area contributed by atoms with Gasteiger partial charge in [0, 0.05) is 46.0 Å². The van der Waals surface area contributed by atoms with Gasteiger partial charge < -0.3 is 10.2 Å². The van der Waals surface area contributed by atoms with Crippen LogP contribution in [-0.4, -0.2) is 53.1 Å². The molecule has 6 nitrogen and oxygen atoms in total. The molecule has 2 aromatic rings. The molecule has 0 saturated carbocycles. The standard InChI is InChI=1S/C15H18Cl2N6/c1-18-13-14(17)20-10-21-15(13)23-6-4-22(5-7-23)9-11-2-3-12(16)19-8-11/h2-3,8,10,18H,4-7,9H2,1H3.